The zero-order valence-electron chi connectivity index (χ0n) is 7.06. The van der Waals surface area contributed by atoms with Gasteiger partial charge in [0.15, 0.2) is 6.10 Å². The lowest BCUT2D eigenvalue weighted by molar-refractivity contribution is -0.241. The number of hydrogen-bond donors (Lipinski definition) is 0. The lowest BCUT2D eigenvalue weighted by Gasteiger charge is -2.35. The molecule has 0 bridgehead atoms. The molecule has 0 amide bonds. The van der Waals surface area contributed by atoms with E-state index in [-0.39, 0.29) is 19.2 Å². The van der Waals surface area contributed by atoms with Crippen molar-refractivity contribution in [1.82, 2.24) is 4.90 Å². The van der Waals surface area contributed by atoms with E-state index in [2.05, 4.69) is 4.74 Å². The van der Waals surface area contributed by atoms with Gasteiger partial charge in [0.05, 0.1) is 6.61 Å². The van der Waals surface area contributed by atoms with E-state index in [9.17, 15) is 13.2 Å². The third-order valence-corrected chi connectivity index (χ3v) is 2.11. The van der Waals surface area contributed by atoms with Crippen molar-refractivity contribution in [2.45, 2.75) is 25.2 Å². The molecule has 0 radical (unpaired) electrons. The fourth-order valence-electron chi connectivity index (χ4n) is 1.07. The molecule has 0 saturated carbocycles. The molecule has 1 aliphatic rings. The first-order chi connectivity index (χ1) is 5.41. The van der Waals surface area contributed by atoms with Crippen LogP contribution >= 0.6 is 0 Å². The van der Waals surface area contributed by atoms with E-state index in [4.69, 9.17) is 0 Å². The number of ether oxygens (including phenoxy) is 1. The summed E-state index contributed by atoms with van der Waals surface area (Å²) >= 11 is 0. The largest absolute Gasteiger partial charge is 0.415 e. The van der Waals surface area contributed by atoms with E-state index < -0.39 is 12.3 Å². The van der Waals surface area contributed by atoms with Crippen molar-refractivity contribution in [2.75, 3.05) is 20.2 Å². The van der Waals surface area contributed by atoms with Gasteiger partial charge in [0.2, 0.25) is 0 Å². The molecule has 5 heteroatoms. The van der Waals surface area contributed by atoms with Crippen LogP contribution in [0.15, 0.2) is 0 Å². The Morgan fingerprint density at radius 2 is 2.00 bits per heavy atom. The summed E-state index contributed by atoms with van der Waals surface area (Å²) in [6, 6.07) is 0.0728. The number of hydrogen-bond acceptors (Lipinski definition) is 2. The molecule has 0 aromatic rings. The molecule has 0 spiro atoms. The van der Waals surface area contributed by atoms with Crippen LogP contribution in [0.2, 0.25) is 0 Å². The van der Waals surface area contributed by atoms with Gasteiger partial charge in [0, 0.05) is 12.6 Å². The molecular formula is C7H12F3NO. The Balaban J connectivity index is 2.51. The molecule has 1 saturated heterocycles. The monoisotopic (exact) mass is 183 g/mol. The SMILES string of the molecule is CC1COC(C(F)(F)F)CN1C. The highest BCUT2D eigenvalue weighted by Gasteiger charge is 2.43. The average Bonchev–Trinajstić information content (AvgIpc) is 1.92. The molecular weight excluding hydrogens is 171 g/mol. The number of alkyl halides is 3. The van der Waals surface area contributed by atoms with Crippen LogP contribution in [0.3, 0.4) is 0 Å². The van der Waals surface area contributed by atoms with Gasteiger partial charge in [0.25, 0.3) is 0 Å². The van der Waals surface area contributed by atoms with Gasteiger partial charge in [-0.3, -0.25) is 4.90 Å². The molecule has 1 fully saturated rings. The number of likely N-dealkylation sites (N-methyl/N-ethyl adjacent to an activating group) is 1. The molecule has 72 valence electrons. The smallest absolute Gasteiger partial charge is 0.366 e. The van der Waals surface area contributed by atoms with Crippen molar-refractivity contribution in [3.8, 4) is 0 Å². The topological polar surface area (TPSA) is 12.5 Å². The van der Waals surface area contributed by atoms with Crippen LogP contribution in [0.1, 0.15) is 6.92 Å². The fourth-order valence-corrected chi connectivity index (χ4v) is 1.07. The lowest BCUT2D eigenvalue weighted by Crippen LogP contribution is -2.51. The first-order valence-electron chi connectivity index (χ1n) is 3.80. The summed E-state index contributed by atoms with van der Waals surface area (Å²) < 4.78 is 40.9. The third-order valence-electron chi connectivity index (χ3n) is 2.11. The van der Waals surface area contributed by atoms with E-state index in [0.717, 1.165) is 0 Å². The molecule has 1 aliphatic heterocycles. The predicted molar refractivity (Wildman–Crippen MR) is 37.9 cm³/mol. The Morgan fingerprint density at radius 3 is 2.42 bits per heavy atom. The van der Waals surface area contributed by atoms with E-state index in [1.807, 2.05) is 6.92 Å². The number of morpholine rings is 1. The highest BCUT2D eigenvalue weighted by Crippen LogP contribution is 2.26. The Bertz CT molecular complexity index is 159. The van der Waals surface area contributed by atoms with Crippen molar-refractivity contribution in [1.29, 1.82) is 0 Å². The van der Waals surface area contributed by atoms with Crippen LogP contribution < -0.4 is 0 Å². The molecule has 2 nitrogen and oxygen atoms in total. The Kier molecular flexibility index (Phi) is 2.63. The maximum atomic E-state index is 12.1. The lowest BCUT2D eigenvalue weighted by atomic mass is 10.2. The molecule has 1 heterocycles. The Morgan fingerprint density at radius 1 is 1.42 bits per heavy atom. The molecule has 0 aromatic carbocycles. The van der Waals surface area contributed by atoms with E-state index in [0.29, 0.717) is 0 Å². The van der Waals surface area contributed by atoms with Crippen molar-refractivity contribution in [3.05, 3.63) is 0 Å². The second kappa shape index (κ2) is 3.22. The molecule has 2 atom stereocenters. The molecule has 0 N–H and O–H groups in total. The fraction of sp³-hybridized carbons (Fsp3) is 1.00. The Labute approximate surface area is 69.3 Å². The predicted octanol–water partition coefficient (Wildman–Crippen LogP) is 1.27. The van der Waals surface area contributed by atoms with Gasteiger partial charge < -0.3 is 4.74 Å². The van der Waals surface area contributed by atoms with Gasteiger partial charge in [-0.25, -0.2) is 0 Å². The molecule has 12 heavy (non-hydrogen) atoms. The zero-order valence-corrected chi connectivity index (χ0v) is 7.06. The van der Waals surface area contributed by atoms with Gasteiger partial charge in [-0.15, -0.1) is 0 Å². The maximum Gasteiger partial charge on any atom is 0.415 e. The summed E-state index contributed by atoms with van der Waals surface area (Å²) in [5.41, 5.74) is 0. The van der Waals surface area contributed by atoms with Gasteiger partial charge in [-0.2, -0.15) is 13.2 Å². The number of nitrogens with zero attached hydrogens (tertiary/aromatic N) is 1. The first kappa shape index (κ1) is 9.80. The quantitative estimate of drug-likeness (QED) is 0.560. The molecule has 2 unspecified atom stereocenters. The van der Waals surface area contributed by atoms with Gasteiger partial charge in [-0.05, 0) is 14.0 Å². The van der Waals surface area contributed by atoms with Gasteiger partial charge in [0.1, 0.15) is 0 Å². The van der Waals surface area contributed by atoms with E-state index in [1.165, 1.54) is 0 Å². The van der Waals surface area contributed by atoms with Crippen LogP contribution in [0.5, 0.6) is 0 Å². The minimum absolute atomic E-state index is 0.0648. The average molecular weight is 183 g/mol. The number of rotatable bonds is 0. The van der Waals surface area contributed by atoms with Crippen LogP contribution in [0.4, 0.5) is 13.2 Å². The zero-order chi connectivity index (χ0) is 9.35. The van der Waals surface area contributed by atoms with Crippen molar-refractivity contribution in [3.63, 3.8) is 0 Å². The van der Waals surface area contributed by atoms with Crippen molar-refractivity contribution in [2.24, 2.45) is 0 Å². The van der Waals surface area contributed by atoms with Crippen molar-refractivity contribution < 1.29 is 17.9 Å². The highest BCUT2D eigenvalue weighted by atomic mass is 19.4. The standard InChI is InChI=1S/C7H12F3NO/c1-5-4-12-6(3-11(5)2)7(8,9)10/h5-6H,3-4H2,1-2H3. The molecule has 0 aliphatic carbocycles. The summed E-state index contributed by atoms with van der Waals surface area (Å²) in [4.78, 5) is 1.65. The van der Waals surface area contributed by atoms with Crippen LogP contribution in [0, 0.1) is 0 Å². The van der Waals surface area contributed by atoms with Gasteiger partial charge in [-0.1, -0.05) is 0 Å². The van der Waals surface area contributed by atoms with Crippen LogP contribution in [0.25, 0.3) is 0 Å². The number of halogens is 3. The second-order valence-corrected chi connectivity index (χ2v) is 3.15. The molecule has 0 aromatic heterocycles. The summed E-state index contributed by atoms with van der Waals surface area (Å²) in [5, 5.41) is 0. The van der Waals surface area contributed by atoms with Gasteiger partial charge >= 0.3 is 6.18 Å². The Hall–Kier alpha value is -0.290. The summed E-state index contributed by atoms with van der Waals surface area (Å²) in [6.45, 7) is 1.93. The normalized spacial score (nSPS) is 33.8. The minimum Gasteiger partial charge on any atom is -0.366 e. The van der Waals surface area contributed by atoms with Crippen LogP contribution in [-0.4, -0.2) is 43.4 Å². The first-order valence-corrected chi connectivity index (χ1v) is 3.80. The van der Waals surface area contributed by atoms with Crippen LogP contribution in [-0.2, 0) is 4.74 Å². The van der Waals surface area contributed by atoms with E-state index in [1.54, 1.807) is 11.9 Å². The van der Waals surface area contributed by atoms with E-state index >= 15 is 0 Å². The molecule has 1 rings (SSSR count). The summed E-state index contributed by atoms with van der Waals surface area (Å²) in [5.74, 6) is 0. The third kappa shape index (κ3) is 2.10. The second-order valence-electron chi connectivity index (χ2n) is 3.15. The van der Waals surface area contributed by atoms with Crippen molar-refractivity contribution >= 4 is 0 Å². The summed E-state index contributed by atoms with van der Waals surface area (Å²) in [6.07, 6.45) is -5.84. The highest BCUT2D eigenvalue weighted by molar-refractivity contribution is 4.79. The minimum atomic E-state index is -4.23. The summed E-state index contributed by atoms with van der Waals surface area (Å²) in [7, 11) is 1.67. The maximum absolute atomic E-state index is 12.1.